The molecule has 40 heavy (non-hydrogen) atoms. The fraction of sp³-hybridized carbons (Fsp3) is 0.484. The topological polar surface area (TPSA) is 56.8 Å². The van der Waals surface area contributed by atoms with Gasteiger partial charge in [-0.3, -0.25) is 0 Å². The SMILES string of the molecule is CC(C)N1CCOc2c(C3CC3)cc(-c3nc(Nc4ccc(N5CCC(N(C)C)CC5)c(F)c4)ncc3F)cc21. The van der Waals surface area contributed by atoms with Gasteiger partial charge in [0.25, 0.3) is 0 Å². The highest BCUT2D eigenvalue weighted by Crippen LogP contribution is 2.50. The van der Waals surface area contributed by atoms with Crippen LogP contribution in [0.15, 0.2) is 36.5 Å². The van der Waals surface area contributed by atoms with Crippen molar-refractivity contribution in [2.75, 3.05) is 55.5 Å². The van der Waals surface area contributed by atoms with Gasteiger partial charge >= 0.3 is 0 Å². The summed E-state index contributed by atoms with van der Waals surface area (Å²) in [6.45, 7) is 7.38. The molecule has 2 aliphatic heterocycles. The highest BCUT2D eigenvalue weighted by Gasteiger charge is 2.33. The molecule has 9 heteroatoms. The molecule has 0 unspecified atom stereocenters. The molecule has 212 valence electrons. The molecule has 1 saturated carbocycles. The summed E-state index contributed by atoms with van der Waals surface area (Å²) >= 11 is 0. The predicted octanol–water partition coefficient (Wildman–Crippen LogP) is 6.18. The summed E-state index contributed by atoms with van der Waals surface area (Å²) in [5, 5.41) is 3.08. The molecular formula is C31H38F2N6O. The Hall–Kier alpha value is -3.46. The van der Waals surface area contributed by atoms with Gasteiger partial charge in [0, 0.05) is 42.0 Å². The Morgan fingerprint density at radius 3 is 2.42 bits per heavy atom. The summed E-state index contributed by atoms with van der Waals surface area (Å²) in [7, 11) is 4.19. The van der Waals surface area contributed by atoms with Gasteiger partial charge in [0.15, 0.2) is 5.82 Å². The van der Waals surface area contributed by atoms with Crippen molar-refractivity contribution in [1.29, 1.82) is 0 Å². The minimum absolute atomic E-state index is 0.220. The van der Waals surface area contributed by atoms with Crippen LogP contribution in [0.5, 0.6) is 5.75 Å². The first-order chi connectivity index (χ1) is 19.3. The van der Waals surface area contributed by atoms with E-state index in [0.717, 1.165) is 62.3 Å². The molecule has 3 aromatic rings. The van der Waals surface area contributed by atoms with Crippen molar-refractivity contribution in [2.24, 2.45) is 0 Å². The first-order valence-electron chi connectivity index (χ1n) is 14.4. The van der Waals surface area contributed by atoms with Crippen LogP contribution in [0.4, 0.5) is 31.8 Å². The van der Waals surface area contributed by atoms with Gasteiger partial charge in [-0.15, -0.1) is 0 Å². The van der Waals surface area contributed by atoms with Crippen molar-refractivity contribution in [3.8, 4) is 17.0 Å². The number of rotatable bonds is 7. The zero-order chi connectivity index (χ0) is 28.0. The van der Waals surface area contributed by atoms with Crippen LogP contribution >= 0.6 is 0 Å². The van der Waals surface area contributed by atoms with E-state index < -0.39 is 5.82 Å². The molecule has 1 N–H and O–H groups in total. The number of fused-ring (bicyclic) bond motifs is 1. The minimum Gasteiger partial charge on any atom is -0.489 e. The molecular weight excluding hydrogens is 510 g/mol. The molecule has 2 aromatic carbocycles. The van der Waals surface area contributed by atoms with Crippen LogP contribution in [0.25, 0.3) is 11.3 Å². The molecule has 1 aliphatic carbocycles. The standard InChI is InChI=1S/C31H38F2N6O/c1-19(2)39-13-14-40-30-24(20-5-6-20)15-21(16-28(30)39)29-26(33)18-34-31(36-29)35-22-7-8-27(25(32)17-22)38-11-9-23(10-12-38)37(3)4/h7-8,15-20,23H,5-6,9-14H2,1-4H3,(H,34,35,36). The van der Waals surface area contributed by atoms with E-state index in [-0.39, 0.29) is 23.5 Å². The quantitative estimate of drug-likeness (QED) is 0.378. The largest absolute Gasteiger partial charge is 0.489 e. The zero-order valence-electron chi connectivity index (χ0n) is 23.8. The number of anilines is 4. The molecule has 3 heterocycles. The van der Waals surface area contributed by atoms with E-state index in [4.69, 9.17) is 4.74 Å². The summed E-state index contributed by atoms with van der Waals surface area (Å²) in [6, 6.07) is 9.89. The summed E-state index contributed by atoms with van der Waals surface area (Å²) in [5.41, 5.74) is 4.14. The van der Waals surface area contributed by atoms with Crippen LogP contribution in [0, 0.1) is 11.6 Å². The Labute approximate surface area is 235 Å². The lowest BCUT2D eigenvalue weighted by molar-refractivity contribution is 0.249. The molecule has 0 atom stereocenters. The Kier molecular flexibility index (Phi) is 7.25. The summed E-state index contributed by atoms with van der Waals surface area (Å²) < 4.78 is 36.5. The first kappa shape index (κ1) is 26.7. The normalized spacial score (nSPS) is 17.8. The fourth-order valence-electron chi connectivity index (χ4n) is 5.97. The van der Waals surface area contributed by atoms with Crippen molar-refractivity contribution in [2.45, 2.75) is 57.5 Å². The van der Waals surface area contributed by atoms with Crippen molar-refractivity contribution in [3.05, 3.63) is 53.7 Å². The van der Waals surface area contributed by atoms with E-state index in [1.807, 2.05) is 18.2 Å². The molecule has 0 spiro atoms. The number of benzene rings is 2. The van der Waals surface area contributed by atoms with Gasteiger partial charge in [-0.2, -0.15) is 0 Å². The molecule has 2 fully saturated rings. The monoisotopic (exact) mass is 548 g/mol. The van der Waals surface area contributed by atoms with Crippen LogP contribution in [0.2, 0.25) is 0 Å². The summed E-state index contributed by atoms with van der Waals surface area (Å²) in [5.74, 6) is 0.771. The number of nitrogens with one attached hydrogen (secondary N) is 1. The number of ether oxygens (including phenoxy) is 1. The van der Waals surface area contributed by atoms with E-state index in [0.29, 0.717) is 35.5 Å². The third kappa shape index (κ3) is 5.31. The third-order valence-corrected chi connectivity index (χ3v) is 8.38. The number of hydrogen-bond donors (Lipinski definition) is 1. The van der Waals surface area contributed by atoms with Gasteiger partial charge in [0.2, 0.25) is 5.95 Å². The number of piperidine rings is 1. The van der Waals surface area contributed by atoms with Gasteiger partial charge < -0.3 is 24.8 Å². The van der Waals surface area contributed by atoms with E-state index in [9.17, 15) is 0 Å². The Bertz CT molecular complexity index is 1380. The van der Waals surface area contributed by atoms with Gasteiger partial charge in [0.1, 0.15) is 23.9 Å². The van der Waals surface area contributed by atoms with Gasteiger partial charge in [0.05, 0.1) is 24.1 Å². The lowest BCUT2D eigenvalue weighted by Gasteiger charge is -2.36. The van der Waals surface area contributed by atoms with E-state index in [1.54, 1.807) is 6.07 Å². The van der Waals surface area contributed by atoms with E-state index in [1.165, 1.54) is 12.3 Å². The number of hydrogen-bond acceptors (Lipinski definition) is 7. The Morgan fingerprint density at radius 2 is 1.75 bits per heavy atom. The lowest BCUT2D eigenvalue weighted by Crippen LogP contribution is -2.42. The van der Waals surface area contributed by atoms with E-state index >= 15 is 8.78 Å². The van der Waals surface area contributed by atoms with Crippen LogP contribution in [0.1, 0.15) is 51.0 Å². The molecule has 0 bridgehead atoms. The van der Waals surface area contributed by atoms with E-state index in [2.05, 4.69) is 57.9 Å². The van der Waals surface area contributed by atoms with Crippen LogP contribution in [-0.4, -0.2) is 67.3 Å². The minimum atomic E-state index is -0.497. The maximum Gasteiger partial charge on any atom is 0.227 e. The highest BCUT2D eigenvalue weighted by atomic mass is 19.1. The van der Waals surface area contributed by atoms with Crippen LogP contribution in [-0.2, 0) is 0 Å². The molecule has 6 rings (SSSR count). The van der Waals surface area contributed by atoms with Gasteiger partial charge in [-0.05, 0) is 89.9 Å². The number of nitrogens with zero attached hydrogens (tertiary/aromatic N) is 5. The average Bonchev–Trinajstić information content (AvgIpc) is 3.79. The van der Waals surface area contributed by atoms with Crippen molar-refractivity contribution in [1.82, 2.24) is 14.9 Å². The first-order valence-corrected chi connectivity index (χ1v) is 14.4. The maximum atomic E-state index is 15.2. The molecule has 7 nitrogen and oxygen atoms in total. The predicted molar refractivity (Wildman–Crippen MR) is 156 cm³/mol. The summed E-state index contributed by atoms with van der Waals surface area (Å²) in [4.78, 5) is 15.4. The zero-order valence-corrected chi connectivity index (χ0v) is 23.8. The van der Waals surface area contributed by atoms with Crippen molar-refractivity contribution in [3.63, 3.8) is 0 Å². The van der Waals surface area contributed by atoms with Gasteiger partial charge in [-0.25, -0.2) is 18.7 Å². The highest BCUT2D eigenvalue weighted by molar-refractivity contribution is 5.76. The smallest absolute Gasteiger partial charge is 0.227 e. The van der Waals surface area contributed by atoms with Crippen LogP contribution < -0.4 is 19.9 Å². The summed E-state index contributed by atoms with van der Waals surface area (Å²) in [6.07, 6.45) is 5.40. The third-order valence-electron chi connectivity index (χ3n) is 8.38. The molecule has 3 aliphatic rings. The lowest BCUT2D eigenvalue weighted by atomic mass is 9.99. The molecule has 1 aromatic heterocycles. The van der Waals surface area contributed by atoms with Crippen molar-refractivity contribution < 1.29 is 13.5 Å². The number of halogens is 2. The Balaban J connectivity index is 1.26. The fourth-order valence-corrected chi connectivity index (χ4v) is 5.97. The Morgan fingerprint density at radius 1 is 0.975 bits per heavy atom. The maximum absolute atomic E-state index is 15.2. The van der Waals surface area contributed by atoms with Gasteiger partial charge in [-0.1, -0.05) is 0 Å². The second-order valence-corrected chi connectivity index (χ2v) is 11.7. The second-order valence-electron chi connectivity index (χ2n) is 11.7. The average molecular weight is 549 g/mol. The van der Waals surface area contributed by atoms with Crippen molar-refractivity contribution >= 4 is 23.0 Å². The van der Waals surface area contributed by atoms with Crippen LogP contribution in [0.3, 0.4) is 0 Å². The molecule has 1 saturated heterocycles. The molecule has 0 amide bonds. The second kappa shape index (κ2) is 10.8. The molecule has 0 radical (unpaired) electrons. The number of aromatic nitrogens is 2.